The zero-order chi connectivity index (χ0) is 24.2. The maximum Gasteiger partial charge on any atom is 0.0824 e. The maximum atomic E-state index is 10.2. The zero-order valence-electron chi connectivity index (χ0n) is 22.6. The van der Waals surface area contributed by atoms with Gasteiger partial charge in [-0.25, -0.2) is 0 Å². The van der Waals surface area contributed by atoms with Gasteiger partial charge in [0.1, 0.15) is 0 Å². The molecular weight excluding hydrogens is 408 g/mol. The molecule has 8 atom stereocenters. The van der Waals surface area contributed by atoms with E-state index in [4.69, 9.17) is 4.74 Å². The smallest absolute Gasteiger partial charge is 0.0824 e. The van der Waals surface area contributed by atoms with Gasteiger partial charge in [0, 0.05) is 5.92 Å². The number of allylic oxidation sites excluding steroid dienone is 1. The van der Waals surface area contributed by atoms with E-state index < -0.39 is 11.2 Å². The monoisotopic (exact) mass is 460 g/mol. The van der Waals surface area contributed by atoms with Crippen LogP contribution in [0, 0.1) is 40.4 Å². The summed E-state index contributed by atoms with van der Waals surface area (Å²) >= 11 is 0. The van der Waals surface area contributed by atoms with E-state index >= 15 is 0 Å². The molecular formula is C30H52O3. The van der Waals surface area contributed by atoms with Crippen molar-refractivity contribution < 1.29 is 14.9 Å². The molecule has 4 aliphatic carbocycles. The third kappa shape index (κ3) is 4.98. The van der Waals surface area contributed by atoms with Gasteiger partial charge in [-0.3, -0.25) is 0 Å². The standard InChI is InChI=1S/C30H52O3/c1-20-23-13-11-22-24-12-10-21(9-8-16-27(2,3)31)29(24,6)17-14-25(22)30(23,7)18-15-26(20)33-19-28(4,5)32/h13,20-22,24-26,31-32H,8-12,14-19H2,1-7H3/t20-,21?,22+,24?,25?,26?,29-,30?/m1/s1. The number of ether oxygens (including phenoxy) is 1. The van der Waals surface area contributed by atoms with Crippen molar-refractivity contribution in [3.63, 3.8) is 0 Å². The van der Waals surface area contributed by atoms with Crippen LogP contribution in [0.15, 0.2) is 11.6 Å². The fraction of sp³-hybridized carbons (Fsp3) is 0.933. The van der Waals surface area contributed by atoms with Crippen molar-refractivity contribution in [2.24, 2.45) is 40.4 Å². The van der Waals surface area contributed by atoms with Crippen LogP contribution in [-0.4, -0.2) is 34.1 Å². The SMILES string of the molecule is C[C@@H]1C2=CC[C@@H]3C(CC[C@]4(C)C(CCCC(C)(C)O)CCC34)C2(C)CCC1OCC(C)(C)O. The van der Waals surface area contributed by atoms with Crippen LogP contribution in [0.2, 0.25) is 0 Å². The van der Waals surface area contributed by atoms with Crippen LogP contribution in [0.1, 0.15) is 113 Å². The van der Waals surface area contributed by atoms with Gasteiger partial charge in [0.25, 0.3) is 0 Å². The second-order valence-electron chi connectivity index (χ2n) is 14.2. The minimum absolute atomic E-state index is 0.243. The Morgan fingerprint density at radius 2 is 1.70 bits per heavy atom. The molecule has 0 spiro atoms. The van der Waals surface area contributed by atoms with Crippen LogP contribution in [-0.2, 0) is 4.74 Å². The molecule has 3 fully saturated rings. The topological polar surface area (TPSA) is 49.7 Å². The van der Waals surface area contributed by atoms with Crippen molar-refractivity contribution in [3.8, 4) is 0 Å². The Morgan fingerprint density at radius 3 is 2.36 bits per heavy atom. The molecule has 0 radical (unpaired) electrons. The van der Waals surface area contributed by atoms with Crippen LogP contribution < -0.4 is 0 Å². The van der Waals surface area contributed by atoms with Crippen LogP contribution in [0.5, 0.6) is 0 Å². The Balaban J connectivity index is 1.46. The minimum Gasteiger partial charge on any atom is -0.390 e. The van der Waals surface area contributed by atoms with Crippen molar-refractivity contribution in [1.82, 2.24) is 0 Å². The van der Waals surface area contributed by atoms with Gasteiger partial charge in [0.15, 0.2) is 0 Å². The van der Waals surface area contributed by atoms with E-state index in [0.717, 1.165) is 42.9 Å². The van der Waals surface area contributed by atoms with E-state index in [2.05, 4.69) is 26.8 Å². The summed E-state index contributed by atoms with van der Waals surface area (Å²) in [5.41, 5.74) is 1.21. The van der Waals surface area contributed by atoms with Crippen molar-refractivity contribution in [2.45, 2.75) is 130 Å². The fourth-order valence-electron chi connectivity index (χ4n) is 8.95. The lowest BCUT2D eigenvalue weighted by Gasteiger charge is -2.59. The van der Waals surface area contributed by atoms with Gasteiger partial charge in [-0.2, -0.15) is 0 Å². The maximum absolute atomic E-state index is 10.2. The molecule has 4 aliphatic rings. The first-order valence-corrected chi connectivity index (χ1v) is 14.0. The van der Waals surface area contributed by atoms with E-state index in [1.165, 1.54) is 44.9 Å². The van der Waals surface area contributed by atoms with Crippen LogP contribution in [0.4, 0.5) is 0 Å². The summed E-state index contributed by atoms with van der Waals surface area (Å²) in [6.07, 6.45) is 15.5. The molecule has 4 rings (SSSR count). The Morgan fingerprint density at radius 1 is 0.970 bits per heavy atom. The number of fused-ring (bicyclic) bond motifs is 5. The molecule has 5 unspecified atom stereocenters. The summed E-state index contributed by atoms with van der Waals surface area (Å²) in [5.74, 6) is 3.84. The molecule has 0 aromatic carbocycles. The van der Waals surface area contributed by atoms with Gasteiger partial charge in [0.2, 0.25) is 0 Å². The fourth-order valence-corrected chi connectivity index (χ4v) is 8.95. The highest BCUT2D eigenvalue weighted by Crippen LogP contribution is 2.67. The first-order chi connectivity index (χ1) is 15.2. The third-order valence-corrected chi connectivity index (χ3v) is 10.7. The van der Waals surface area contributed by atoms with Crippen molar-refractivity contribution in [2.75, 3.05) is 6.61 Å². The highest BCUT2D eigenvalue weighted by Gasteiger charge is 2.59. The Bertz CT molecular complexity index is 728. The van der Waals surface area contributed by atoms with E-state index in [1.807, 2.05) is 27.7 Å². The van der Waals surface area contributed by atoms with Gasteiger partial charge >= 0.3 is 0 Å². The third-order valence-electron chi connectivity index (χ3n) is 10.7. The zero-order valence-corrected chi connectivity index (χ0v) is 22.6. The summed E-state index contributed by atoms with van der Waals surface area (Å²) in [7, 11) is 0. The summed E-state index contributed by atoms with van der Waals surface area (Å²) in [4.78, 5) is 0. The predicted molar refractivity (Wildman–Crippen MR) is 136 cm³/mol. The second-order valence-corrected chi connectivity index (χ2v) is 14.2. The van der Waals surface area contributed by atoms with Gasteiger partial charge in [-0.1, -0.05) is 38.8 Å². The molecule has 190 valence electrons. The molecule has 0 saturated heterocycles. The minimum atomic E-state index is -0.758. The number of aliphatic hydroxyl groups is 2. The van der Waals surface area contributed by atoms with E-state index in [0.29, 0.717) is 23.4 Å². The molecule has 0 amide bonds. The highest BCUT2D eigenvalue weighted by molar-refractivity contribution is 5.27. The molecule has 0 bridgehead atoms. The molecule has 0 heterocycles. The number of hydrogen-bond acceptors (Lipinski definition) is 3. The molecule has 3 saturated carbocycles. The lowest BCUT2D eigenvalue weighted by Crippen LogP contribution is -2.52. The van der Waals surface area contributed by atoms with E-state index in [1.54, 1.807) is 5.57 Å². The van der Waals surface area contributed by atoms with Gasteiger partial charge in [-0.05, 0) is 120 Å². The first kappa shape index (κ1) is 25.7. The normalized spacial score (nSPS) is 43.5. The molecule has 33 heavy (non-hydrogen) atoms. The molecule has 3 heteroatoms. The van der Waals surface area contributed by atoms with Crippen LogP contribution in [0.25, 0.3) is 0 Å². The summed E-state index contributed by atoms with van der Waals surface area (Å²) in [5, 5.41) is 20.3. The first-order valence-electron chi connectivity index (χ1n) is 14.0. The summed E-state index contributed by atoms with van der Waals surface area (Å²) in [6, 6.07) is 0. The van der Waals surface area contributed by atoms with Crippen molar-refractivity contribution >= 4 is 0 Å². The summed E-state index contributed by atoms with van der Waals surface area (Å²) < 4.78 is 6.24. The summed E-state index contributed by atoms with van der Waals surface area (Å²) in [6.45, 7) is 15.6. The lowest BCUT2D eigenvalue weighted by molar-refractivity contribution is -0.0975. The average Bonchev–Trinajstić information content (AvgIpc) is 3.02. The molecule has 0 aromatic rings. The quantitative estimate of drug-likeness (QED) is 0.406. The highest BCUT2D eigenvalue weighted by atomic mass is 16.5. The molecule has 2 N–H and O–H groups in total. The largest absolute Gasteiger partial charge is 0.390 e. The second kappa shape index (κ2) is 8.93. The molecule has 0 aliphatic heterocycles. The van der Waals surface area contributed by atoms with Gasteiger partial charge < -0.3 is 14.9 Å². The van der Waals surface area contributed by atoms with Gasteiger partial charge in [-0.15, -0.1) is 0 Å². The Kier molecular flexibility index (Phi) is 6.96. The van der Waals surface area contributed by atoms with Crippen molar-refractivity contribution in [3.05, 3.63) is 11.6 Å². The van der Waals surface area contributed by atoms with E-state index in [-0.39, 0.29) is 6.10 Å². The Hall–Kier alpha value is -0.380. The predicted octanol–water partition coefficient (Wildman–Crippen LogP) is 6.91. The number of rotatable bonds is 7. The average molecular weight is 461 g/mol. The molecule has 0 aromatic heterocycles. The van der Waals surface area contributed by atoms with Crippen LogP contribution in [0.3, 0.4) is 0 Å². The van der Waals surface area contributed by atoms with Crippen molar-refractivity contribution in [1.29, 1.82) is 0 Å². The van der Waals surface area contributed by atoms with Gasteiger partial charge in [0.05, 0.1) is 23.9 Å². The Labute approximate surface area is 203 Å². The van der Waals surface area contributed by atoms with E-state index in [9.17, 15) is 10.2 Å². The molecule has 3 nitrogen and oxygen atoms in total. The van der Waals surface area contributed by atoms with Crippen LogP contribution >= 0.6 is 0 Å². The number of hydrogen-bond donors (Lipinski definition) is 2. The lowest BCUT2D eigenvalue weighted by atomic mass is 9.46.